The summed E-state index contributed by atoms with van der Waals surface area (Å²) in [5.41, 5.74) is 1.80. The lowest BCUT2D eigenvalue weighted by molar-refractivity contribution is 0.415. The van der Waals surface area contributed by atoms with Gasteiger partial charge in [-0.25, -0.2) is 0 Å². The Balaban J connectivity index is 1.81. The molecule has 3 heterocycles. The van der Waals surface area contributed by atoms with Crippen molar-refractivity contribution in [3.05, 3.63) is 36.5 Å². The average molecular weight is 298 g/mol. The van der Waals surface area contributed by atoms with Crippen molar-refractivity contribution in [2.24, 2.45) is 0 Å². The van der Waals surface area contributed by atoms with E-state index in [1.54, 1.807) is 17.8 Å². The van der Waals surface area contributed by atoms with E-state index in [9.17, 15) is 0 Å². The Hall–Kier alpha value is -2.74. The van der Waals surface area contributed by atoms with Gasteiger partial charge in [0.15, 0.2) is 10.8 Å². The number of nitrogens with zero attached hydrogens (tertiary/aromatic N) is 5. The van der Waals surface area contributed by atoms with Gasteiger partial charge in [0.1, 0.15) is 5.75 Å². The molecule has 0 aliphatic heterocycles. The number of benzene rings is 1. The summed E-state index contributed by atoms with van der Waals surface area (Å²) in [5.74, 6) is 1.51. The second kappa shape index (κ2) is 4.67. The fourth-order valence-corrected chi connectivity index (χ4v) is 2.84. The summed E-state index contributed by atoms with van der Waals surface area (Å²) in [5, 5.41) is 20.6. The largest absolute Gasteiger partial charge is 0.497 e. The van der Waals surface area contributed by atoms with Gasteiger partial charge in [0.25, 0.3) is 0 Å². The zero-order valence-corrected chi connectivity index (χ0v) is 11.8. The molecule has 4 rings (SSSR count). The van der Waals surface area contributed by atoms with E-state index < -0.39 is 0 Å². The zero-order chi connectivity index (χ0) is 14.2. The predicted molar refractivity (Wildman–Crippen MR) is 78.2 cm³/mol. The third-order valence-corrected chi connectivity index (χ3v) is 4.00. The van der Waals surface area contributed by atoms with E-state index in [4.69, 9.17) is 4.74 Å². The van der Waals surface area contributed by atoms with E-state index in [0.717, 1.165) is 27.0 Å². The molecule has 0 atom stereocenters. The van der Waals surface area contributed by atoms with E-state index in [1.165, 1.54) is 11.3 Å². The molecule has 0 saturated heterocycles. The second-order valence-corrected chi connectivity index (χ2v) is 5.28. The summed E-state index contributed by atoms with van der Waals surface area (Å²) in [6, 6.07) is 9.52. The van der Waals surface area contributed by atoms with Gasteiger partial charge in [-0.15, -0.1) is 10.2 Å². The highest BCUT2D eigenvalue weighted by Gasteiger charge is 2.14. The maximum absolute atomic E-state index is 5.16. The lowest BCUT2D eigenvalue weighted by Crippen LogP contribution is -1.91. The first kappa shape index (κ1) is 12.0. The molecule has 0 spiro atoms. The summed E-state index contributed by atoms with van der Waals surface area (Å²) < 4.78 is 6.90. The van der Waals surface area contributed by atoms with Crippen LogP contribution in [0, 0.1) is 0 Å². The van der Waals surface area contributed by atoms with Gasteiger partial charge >= 0.3 is 0 Å². The molecule has 7 nitrogen and oxygen atoms in total. The fourth-order valence-electron chi connectivity index (χ4n) is 2.02. The molecule has 0 unspecified atom stereocenters. The van der Waals surface area contributed by atoms with Crippen LogP contribution in [0.25, 0.3) is 27.1 Å². The summed E-state index contributed by atoms with van der Waals surface area (Å²) in [4.78, 5) is 0.741. The summed E-state index contributed by atoms with van der Waals surface area (Å²) in [6.07, 6.45) is 1.70. The Morgan fingerprint density at radius 3 is 2.71 bits per heavy atom. The van der Waals surface area contributed by atoms with Crippen LogP contribution in [-0.4, -0.2) is 37.1 Å². The molecular weight excluding hydrogens is 288 g/mol. The van der Waals surface area contributed by atoms with Gasteiger partial charge in [-0.2, -0.15) is 14.7 Å². The van der Waals surface area contributed by atoms with Gasteiger partial charge in [0.2, 0.25) is 4.96 Å². The van der Waals surface area contributed by atoms with Crippen molar-refractivity contribution in [3.8, 4) is 27.8 Å². The maximum atomic E-state index is 5.16. The zero-order valence-electron chi connectivity index (χ0n) is 11.0. The average Bonchev–Trinajstić information content (AvgIpc) is 3.23. The first-order chi connectivity index (χ1) is 10.3. The first-order valence-corrected chi connectivity index (χ1v) is 7.03. The minimum absolute atomic E-state index is 0.703. The molecule has 21 heavy (non-hydrogen) atoms. The van der Waals surface area contributed by atoms with E-state index in [2.05, 4.69) is 25.5 Å². The van der Waals surface area contributed by atoms with E-state index in [0.29, 0.717) is 5.82 Å². The molecule has 104 valence electrons. The number of hydrogen-bond acceptors (Lipinski definition) is 6. The van der Waals surface area contributed by atoms with Gasteiger partial charge in [-0.05, 0) is 30.3 Å². The Labute approximate surface area is 123 Å². The number of rotatable bonds is 3. The molecule has 1 aromatic carbocycles. The number of fused-ring (bicyclic) bond motifs is 1. The van der Waals surface area contributed by atoms with Crippen LogP contribution >= 0.6 is 11.3 Å². The molecule has 0 fully saturated rings. The van der Waals surface area contributed by atoms with Gasteiger partial charge in [-0.1, -0.05) is 11.3 Å². The van der Waals surface area contributed by atoms with E-state index in [-0.39, 0.29) is 0 Å². The molecule has 1 N–H and O–H groups in total. The first-order valence-electron chi connectivity index (χ1n) is 6.21. The molecule has 8 heteroatoms. The molecule has 0 aliphatic carbocycles. The topological polar surface area (TPSA) is 81.0 Å². The SMILES string of the molecule is COc1ccc(-c2nnc3sc(-c4ccn[nH]4)nn23)cc1. The van der Waals surface area contributed by atoms with Gasteiger partial charge in [0.05, 0.1) is 12.8 Å². The van der Waals surface area contributed by atoms with Crippen LogP contribution in [0.4, 0.5) is 0 Å². The lowest BCUT2D eigenvalue weighted by atomic mass is 10.2. The molecule has 0 saturated carbocycles. The smallest absolute Gasteiger partial charge is 0.235 e. The number of nitrogens with one attached hydrogen (secondary N) is 1. The van der Waals surface area contributed by atoms with Crippen molar-refractivity contribution in [2.75, 3.05) is 7.11 Å². The van der Waals surface area contributed by atoms with Crippen molar-refractivity contribution in [3.63, 3.8) is 0 Å². The number of H-pyrrole nitrogens is 1. The van der Waals surface area contributed by atoms with Gasteiger partial charge < -0.3 is 4.74 Å². The standard InChI is InChI=1S/C13H10N6OS/c1-20-9-4-2-8(3-5-9)11-16-17-13-19(11)18-12(21-13)10-6-7-14-15-10/h2-7H,1H3,(H,14,15). The maximum Gasteiger partial charge on any atom is 0.235 e. The van der Waals surface area contributed by atoms with Crippen LogP contribution in [0.2, 0.25) is 0 Å². The predicted octanol–water partition coefficient (Wildman–Crippen LogP) is 2.25. The molecule has 0 bridgehead atoms. The van der Waals surface area contributed by atoms with Gasteiger partial charge in [0, 0.05) is 11.8 Å². The Morgan fingerprint density at radius 2 is 2.00 bits per heavy atom. The molecule has 0 amide bonds. The lowest BCUT2D eigenvalue weighted by Gasteiger charge is -2.00. The third kappa shape index (κ3) is 1.96. The fraction of sp³-hybridized carbons (Fsp3) is 0.0769. The minimum Gasteiger partial charge on any atom is -0.497 e. The highest BCUT2D eigenvalue weighted by molar-refractivity contribution is 7.19. The highest BCUT2D eigenvalue weighted by Crippen LogP contribution is 2.27. The summed E-state index contributed by atoms with van der Waals surface area (Å²) in [6.45, 7) is 0. The molecule has 0 aliphatic rings. The number of aromatic nitrogens is 6. The van der Waals surface area contributed by atoms with Crippen LogP contribution in [0.3, 0.4) is 0 Å². The highest BCUT2D eigenvalue weighted by atomic mass is 32.1. The quantitative estimate of drug-likeness (QED) is 0.627. The second-order valence-electron chi connectivity index (χ2n) is 4.32. The summed E-state index contributed by atoms with van der Waals surface area (Å²) in [7, 11) is 1.64. The number of hydrogen-bond donors (Lipinski definition) is 1. The van der Waals surface area contributed by atoms with Gasteiger partial charge in [-0.3, -0.25) is 5.10 Å². The van der Waals surface area contributed by atoms with Crippen molar-refractivity contribution < 1.29 is 4.74 Å². The number of methoxy groups -OCH3 is 1. The Morgan fingerprint density at radius 1 is 1.14 bits per heavy atom. The monoisotopic (exact) mass is 298 g/mol. The van der Waals surface area contributed by atoms with Crippen LogP contribution in [0.5, 0.6) is 5.75 Å². The van der Waals surface area contributed by atoms with Crippen LogP contribution in [0.1, 0.15) is 0 Å². The van der Waals surface area contributed by atoms with Crippen molar-refractivity contribution in [2.45, 2.75) is 0 Å². The van der Waals surface area contributed by atoms with Crippen LogP contribution in [-0.2, 0) is 0 Å². The van der Waals surface area contributed by atoms with Crippen LogP contribution < -0.4 is 4.74 Å². The van der Waals surface area contributed by atoms with Crippen molar-refractivity contribution >= 4 is 16.3 Å². The number of aromatic amines is 1. The van der Waals surface area contributed by atoms with Crippen molar-refractivity contribution in [1.29, 1.82) is 0 Å². The van der Waals surface area contributed by atoms with Crippen molar-refractivity contribution in [1.82, 2.24) is 30.0 Å². The third-order valence-electron chi connectivity index (χ3n) is 3.07. The molecule has 3 aromatic heterocycles. The normalized spacial score (nSPS) is 11.1. The number of ether oxygens (including phenoxy) is 1. The van der Waals surface area contributed by atoms with Crippen LogP contribution in [0.15, 0.2) is 36.5 Å². The molecule has 0 radical (unpaired) electrons. The Kier molecular flexibility index (Phi) is 2.68. The van der Waals surface area contributed by atoms with E-state index >= 15 is 0 Å². The minimum atomic E-state index is 0.703. The molecular formula is C13H10N6OS. The Bertz CT molecular complexity index is 877. The van der Waals surface area contributed by atoms with E-state index in [1.807, 2.05) is 30.3 Å². The summed E-state index contributed by atoms with van der Waals surface area (Å²) >= 11 is 1.46. The molecule has 4 aromatic rings.